The highest BCUT2D eigenvalue weighted by atomic mass is 15.4. The van der Waals surface area contributed by atoms with Gasteiger partial charge in [-0.3, -0.25) is 4.90 Å². The lowest BCUT2D eigenvalue weighted by Gasteiger charge is -2.18. The van der Waals surface area contributed by atoms with Crippen molar-refractivity contribution in [3.63, 3.8) is 0 Å². The Labute approximate surface area is 89.9 Å². The second kappa shape index (κ2) is 4.65. The Balaban J connectivity index is 2.16. The average molecular weight is 197 g/mol. The molecule has 0 saturated carbocycles. The molecular formula is C13H27N. The highest BCUT2D eigenvalue weighted by Gasteiger charge is 2.49. The summed E-state index contributed by atoms with van der Waals surface area (Å²) in [6, 6.07) is 1.67. The van der Waals surface area contributed by atoms with Crippen LogP contribution in [0.15, 0.2) is 0 Å². The fourth-order valence-electron chi connectivity index (χ4n) is 2.69. The Morgan fingerprint density at radius 2 is 1.71 bits per heavy atom. The molecule has 3 atom stereocenters. The largest absolute Gasteiger partial charge is 0.294 e. The standard InChI is InChI=1S/C13H27N/c1-6-7-8-9-10-14-11(2)12(14)13(3,4)5/h11-12H,6-10H2,1-5H3. The molecule has 0 bridgehead atoms. The third-order valence-corrected chi connectivity index (χ3v) is 3.40. The van der Waals surface area contributed by atoms with Crippen molar-refractivity contribution in [2.45, 2.75) is 72.4 Å². The number of hydrogen-bond acceptors (Lipinski definition) is 1. The number of hydrogen-bond donors (Lipinski definition) is 0. The van der Waals surface area contributed by atoms with Gasteiger partial charge < -0.3 is 0 Å². The van der Waals surface area contributed by atoms with Crippen LogP contribution in [0, 0.1) is 5.41 Å². The topological polar surface area (TPSA) is 3.01 Å². The van der Waals surface area contributed by atoms with E-state index < -0.39 is 0 Å². The maximum absolute atomic E-state index is 2.66. The van der Waals surface area contributed by atoms with Crippen LogP contribution in [0.2, 0.25) is 0 Å². The molecule has 0 radical (unpaired) electrons. The van der Waals surface area contributed by atoms with E-state index in [4.69, 9.17) is 0 Å². The second-order valence-corrected chi connectivity index (χ2v) is 5.85. The molecule has 3 unspecified atom stereocenters. The fraction of sp³-hybridized carbons (Fsp3) is 1.00. The van der Waals surface area contributed by atoms with Crippen molar-refractivity contribution >= 4 is 0 Å². The molecule has 0 spiro atoms. The first kappa shape index (κ1) is 12.0. The van der Waals surface area contributed by atoms with Gasteiger partial charge >= 0.3 is 0 Å². The van der Waals surface area contributed by atoms with Gasteiger partial charge in [0.1, 0.15) is 0 Å². The van der Waals surface area contributed by atoms with E-state index in [1.807, 2.05) is 0 Å². The molecule has 0 amide bonds. The molecule has 0 aliphatic carbocycles. The molecule has 0 aromatic rings. The zero-order chi connectivity index (χ0) is 10.8. The van der Waals surface area contributed by atoms with Crippen LogP contribution in [0.4, 0.5) is 0 Å². The molecule has 0 aromatic heterocycles. The molecule has 1 heterocycles. The van der Waals surface area contributed by atoms with Crippen LogP contribution in [0.1, 0.15) is 60.3 Å². The van der Waals surface area contributed by atoms with Gasteiger partial charge in [0.15, 0.2) is 0 Å². The molecule has 1 fully saturated rings. The molecule has 84 valence electrons. The Bertz CT molecular complexity index is 169. The molecule has 0 N–H and O–H groups in total. The minimum Gasteiger partial charge on any atom is -0.294 e. The maximum atomic E-state index is 2.66. The lowest BCUT2D eigenvalue weighted by Crippen LogP contribution is -2.19. The Kier molecular flexibility index (Phi) is 4.00. The SMILES string of the molecule is CCCCCCN1C(C)C1C(C)(C)C. The lowest BCUT2D eigenvalue weighted by atomic mass is 9.90. The zero-order valence-corrected chi connectivity index (χ0v) is 10.6. The first-order valence-electron chi connectivity index (χ1n) is 6.24. The summed E-state index contributed by atoms with van der Waals surface area (Å²) in [4.78, 5) is 2.66. The summed E-state index contributed by atoms with van der Waals surface area (Å²) in [5, 5.41) is 0. The van der Waals surface area contributed by atoms with E-state index in [0.717, 1.165) is 12.1 Å². The molecule has 0 aromatic carbocycles. The minimum atomic E-state index is 0.476. The molecule has 14 heavy (non-hydrogen) atoms. The number of rotatable bonds is 5. The van der Waals surface area contributed by atoms with Crippen molar-refractivity contribution in [1.82, 2.24) is 4.90 Å². The van der Waals surface area contributed by atoms with Crippen LogP contribution in [0.5, 0.6) is 0 Å². The monoisotopic (exact) mass is 197 g/mol. The van der Waals surface area contributed by atoms with E-state index in [-0.39, 0.29) is 0 Å². The summed E-state index contributed by atoms with van der Waals surface area (Å²) >= 11 is 0. The molecule has 1 aliphatic heterocycles. The summed E-state index contributed by atoms with van der Waals surface area (Å²) in [6.07, 6.45) is 5.56. The Morgan fingerprint density at radius 3 is 2.14 bits per heavy atom. The van der Waals surface area contributed by atoms with E-state index in [1.165, 1.54) is 32.2 Å². The van der Waals surface area contributed by atoms with Crippen molar-refractivity contribution in [2.24, 2.45) is 5.41 Å². The van der Waals surface area contributed by atoms with Gasteiger partial charge in [0, 0.05) is 12.1 Å². The summed E-state index contributed by atoms with van der Waals surface area (Å²) < 4.78 is 0. The Morgan fingerprint density at radius 1 is 1.07 bits per heavy atom. The summed E-state index contributed by atoms with van der Waals surface area (Å²) in [5.74, 6) is 0. The molecule has 1 saturated heterocycles. The summed E-state index contributed by atoms with van der Waals surface area (Å²) in [6.45, 7) is 13.1. The number of nitrogens with zero attached hydrogens (tertiary/aromatic N) is 1. The molecule has 1 rings (SSSR count). The normalized spacial score (nSPS) is 31.9. The highest BCUT2D eigenvalue weighted by Crippen LogP contribution is 2.41. The van der Waals surface area contributed by atoms with E-state index in [1.54, 1.807) is 0 Å². The van der Waals surface area contributed by atoms with Gasteiger partial charge in [-0.25, -0.2) is 0 Å². The van der Waals surface area contributed by atoms with Crippen LogP contribution >= 0.6 is 0 Å². The summed E-state index contributed by atoms with van der Waals surface area (Å²) in [5.41, 5.74) is 0.476. The van der Waals surface area contributed by atoms with Crippen LogP contribution in [0.3, 0.4) is 0 Å². The molecule has 1 heteroatoms. The van der Waals surface area contributed by atoms with E-state index >= 15 is 0 Å². The molecule has 1 nitrogen and oxygen atoms in total. The van der Waals surface area contributed by atoms with Crippen molar-refractivity contribution < 1.29 is 0 Å². The van der Waals surface area contributed by atoms with Gasteiger partial charge in [-0.15, -0.1) is 0 Å². The summed E-state index contributed by atoms with van der Waals surface area (Å²) in [7, 11) is 0. The van der Waals surface area contributed by atoms with Crippen LogP contribution in [-0.4, -0.2) is 23.5 Å². The van der Waals surface area contributed by atoms with Crippen molar-refractivity contribution in [2.75, 3.05) is 6.54 Å². The maximum Gasteiger partial charge on any atom is 0.0300 e. The quantitative estimate of drug-likeness (QED) is 0.480. The predicted molar refractivity (Wildman–Crippen MR) is 63.6 cm³/mol. The lowest BCUT2D eigenvalue weighted by molar-refractivity contribution is 0.323. The van der Waals surface area contributed by atoms with Gasteiger partial charge in [-0.05, 0) is 25.3 Å². The van der Waals surface area contributed by atoms with E-state index in [9.17, 15) is 0 Å². The van der Waals surface area contributed by atoms with Gasteiger partial charge in [0.05, 0.1) is 0 Å². The molecular weight excluding hydrogens is 170 g/mol. The van der Waals surface area contributed by atoms with E-state index in [0.29, 0.717) is 5.41 Å². The van der Waals surface area contributed by atoms with Crippen molar-refractivity contribution in [3.05, 3.63) is 0 Å². The van der Waals surface area contributed by atoms with Gasteiger partial charge in [0.2, 0.25) is 0 Å². The van der Waals surface area contributed by atoms with Gasteiger partial charge in [-0.1, -0.05) is 47.0 Å². The first-order chi connectivity index (χ1) is 6.48. The third kappa shape index (κ3) is 2.98. The van der Waals surface area contributed by atoms with Crippen LogP contribution in [-0.2, 0) is 0 Å². The highest BCUT2D eigenvalue weighted by molar-refractivity contribution is 5.05. The fourth-order valence-corrected chi connectivity index (χ4v) is 2.69. The average Bonchev–Trinajstić information content (AvgIpc) is 2.70. The smallest absolute Gasteiger partial charge is 0.0300 e. The predicted octanol–water partition coefficient (Wildman–Crippen LogP) is 3.69. The molecule has 1 aliphatic rings. The van der Waals surface area contributed by atoms with Crippen molar-refractivity contribution in [3.8, 4) is 0 Å². The second-order valence-electron chi connectivity index (χ2n) is 5.85. The third-order valence-electron chi connectivity index (χ3n) is 3.40. The van der Waals surface area contributed by atoms with Gasteiger partial charge in [0.25, 0.3) is 0 Å². The minimum absolute atomic E-state index is 0.476. The van der Waals surface area contributed by atoms with Crippen molar-refractivity contribution in [1.29, 1.82) is 0 Å². The van der Waals surface area contributed by atoms with Gasteiger partial charge in [-0.2, -0.15) is 0 Å². The first-order valence-corrected chi connectivity index (χ1v) is 6.24. The zero-order valence-electron chi connectivity index (χ0n) is 10.6. The Hall–Kier alpha value is -0.0400. The van der Waals surface area contributed by atoms with E-state index in [2.05, 4.69) is 39.5 Å². The number of unbranched alkanes of at least 4 members (excludes halogenated alkanes) is 3. The van der Waals surface area contributed by atoms with Crippen LogP contribution < -0.4 is 0 Å². The van der Waals surface area contributed by atoms with Crippen LogP contribution in [0.25, 0.3) is 0 Å².